The molecule has 0 fully saturated rings. The highest BCUT2D eigenvalue weighted by Gasteiger charge is 2.30. The van der Waals surface area contributed by atoms with Crippen molar-refractivity contribution in [2.24, 2.45) is 0 Å². The summed E-state index contributed by atoms with van der Waals surface area (Å²) in [4.78, 5) is 16.2. The van der Waals surface area contributed by atoms with E-state index in [0.717, 1.165) is 12.1 Å². The number of carbonyl (C=O) groups excluding carboxylic acids is 1. The fraction of sp³-hybridized carbons (Fsp3) is 0.125. The molecular weight excluding hydrogens is 321 g/mol. The van der Waals surface area contributed by atoms with E-state index >= 15 is 0 Å². The largest absolute Gasteiger partial charge is 0.416 e. The number of fused-ring (bicyclic) bond motifs is 1. The molecule has 2 aromatic carbocycles. The summed E-state index contributed by atoms with van der Waals surface area (Å²) in [5.41, 5.74) is 6.80. The number of aromatic nitrogens is 2. The van der Waals surface area contributed by atoms with Gasteiger partial charge in [0.1, 0.15) is 12.1 Å². The van der Waals surface area contributed by atoms with Crippen LogP contribution >= 0.6 is 0 Å². The molecule has 24 heavy (non-hydrogen) atoms. The lowest BCUT2D eigenvalue weighted by atomic mass is 10.2. The summed E-state index contributed by atoms with van der Waals surface area (Å²) in [5, 5.41) is 2.45. The molecule has 0 bridgehead atoms. The Balaban J connectivity index is 1.77. The molecule has 0 saturated carbocycles. The summed E-state index contributed by atoms with van der Waals surface area (Å²) in [6, 6.07) is 9.67. The number of anilines is 2. The Kier molecular flexibility index (Phi) is 3.88. The number of hydrogen-bond acceptors (Lipinski definition) is 3. The van der Waals surface area contributed by atoms with Crippen LogP contribution in [-0.4, -0.2) is 15.5 Å². The van der Waals surface area contributed by atoms with Crippen LogP contribution in [0.4, 0.5) is 24.5 Å². The van der Waals surface area contributed by atoms with Crippen LogP contribution in [0.3, 0.4) is 0 Å². The molecule has 0 aliphatic rings. The number of imidazole rings is 1. The van der Waals surface area contributed by atoms with Gasteiger partial charge in [0, 0.05) is 5.69 Å². The molecule has 1 aromatic heterocycles. The molecule has 0 atom stereocenters. The van der Waals surface area contributed by atoms with Crippen LogP contribution in [-0.2, 0) is 17.5 Å². The maximum absolute atomic E-state index is 12.7. The molecule has 1 heterocycles. The van der Waals surface area contributed by atoms with Gasteiger partial charge in [-0.25, -0.2) is 4.98 Å². The van der Waals surface area contributed by atoms with Gasteiger partial charge in [0.05, 0.1) is 23.1 Å². The maximum Gasteiger partial charge on any atom is 0.416 e. The second-order valence-corrected chi connectivity index (χ2v) is 5.21. The Morgan fingerprint density at radius 2 is 1.96 bits per heavy atom. The maximum atomic E-state index is 12.7. The van der Waals surface area contributed by atoms with Crippen LogP contribution in [0.25, 0.3) is 11.0 Å². The summed E-state index contributed by atoms with van der Waals surface area (Å²) in [5.74, 6) is -0.462. The third-order valence-electron chi connectivity index (χ3n) is 3.47. The highest BCUT2D eigenvalue weighted by atomic mass is 19.4. The first-order valence-electron chi connectivity index (χ1n) is 7.01. The first-order valence-corrected chi connectivity index (χ1v) is 7.01. The van der Waals surface area contributed by atoms with Gasteiger partial charge in [0.2, 0.25) is 5.91 Å². The minimum Gasteiger partial charge on any atom is -0.397 e. The van der Waals surface area contributed by atoms with Gasteiger partial charge in [-0.15, -0.1) is 0 Å². The number of para-hydroxylation sites is 1. The predicted molar refractivity (Wildman–Crippen MR) is 84.2 cm³/mol. The summed E-state index contributed by atoms with van der Waals surface area (Å²) in [7, 11) is 0. The zero-order valence-corrected chi connectivity index (χ0v) is 12.3. The Morgan fingerprint density at radius 3 is 2.71 bits per heavy atom. The molecule has 3 rings (SSSR count). The van der Waals surface area contributed by atoms with Crippen LogP contribution in [0.1, 0.15) is 5.56 Å². The first-order chi connectivity index (χ1) is 11.3. The van der Waals surface area contributed by atoms with Gasteiger partial charge in [-0.2, -0.15) is 13.2 Å². The van der Waals surface area contributed by atoms with E-state index in [4.69, 9.17) is 5.73 Å². The van der Waals surface area contributed by atoms with Crippen LogP contribution in [0.2, 0.25) is 0 Å². The van der Waals surface area contributed by atoms with E-state index in [9.17, 15) is 18.0 Å². The predicted octanol–water partition coefficient (Wildman–Crippen LogP) is 3.28. The van der Waals surface area contributed by atoms with Gasteiger partial charge in [-0.1, -0.05) is 12.1 Å². The Labute approximate surface area is 134 Å². The second-order valence-electron chi connectivity index (χ2n) is 5.21. The monoisotopic (exact) mass is 334 g/mol. The minimum atomic E-state index is -4.46. The van der Waals surface area contributed by atoms with Crippen molar-refractivity contribution < 1.29 is 18.0 Å². The van der Waals surface area contributed by atoms with E-state index in [0.29, 0.717) is 16.7 Å². The lowest BCUT2D eigenvalue weighted by molar-refractivity contribution is -0.137. The van der Waals surface area contributed by atoms with Crippen molar-refractivity contribution in [1.82, 2.24) is 9.55 Å². The highest BCUT2D eigenvalue weighted by molar-refractivity contribution is 5.93. The third kappa shape index (κ3) is 3.17. The molecule has 0 aliphatic heterocycles. The van der Waals surface area contributed by atoms with Crippen molar-refractivity contribution in [2.75, 3.05) is 11.1 Å². The van der Waals surface area contributed by atoms with Gasteiger partial charge in [-0.3, -0.25) is 4.79 Å². The fourth-order valence-electron chi connectivity index (χ4n) is 2.37. The van der Waals surface area contributed by atoms with E-state index in [1.54, 1.807) is 22.8 Å². The molecule has 0 spiro atoms. The molecule has 0 radical (unpaired) electrons. The molecule has 3 N–H and O–H groups in total. The summed E-state index contributed by atoms with van der Waals surface area (Å²) in [6.45, 7) is -0.0871. The van der Waals surface area contributed by atoms with Crippen LogP contribution in [0.15, 0.2) is 48.8 Å². The number of nitrogen functional groups attached to an aromatic ring is 1. The zero-order chi connectivity index (χ0) is 17.3. The van der Waals surface area contributed by atoms with Crippen molar-refractivity contribution in [3.05, 3.63) is 54.4 Å². The van der Waals surface area contributed by atoms with Crippen molar-refractivity contribution >= 4 is 28.3 Å². The number of nitrogens with zero attached hydrogens (tertiary/aromatic N) is 2. The van der Waals surface area contributed by atoms with E-state index in [2.05, 4.69) is 10.3 Å². The van der Waals surface area contributed by atoms with Crippen molar-refractivity contribution in [3.63, 3.8) is 0 Å². The second kappa shape index (κ2) is 5.88. The van der Waals surface area contributed by atoms with E-state index < -0.39 is 17.6 Å². The van der Waals surface area contributed by atoms with Crippen molar-refractivity contribution in [1.29, 1.82) is 0 Å². The number of carbonyl (C=O) groups is 1. The molecule has 0 aliphatic carbocycles. The zero-order valence-electron chi connectivity index (χ0n) is 12.3. The lowest BCUT2D eigenvalue weighted by Gasteiger charge is -2.10. The highest BCUT2D eigenvalue weighted by Crippen LogP contribution is 2.30. The number of rotatable bonds is 3. The molecule has 5 nitrogen and oxygen atoms in total. The third-order valence-corrected chi connectivity index (χ3v) is 3.47. The molecule has 3 aromatic rings. The van der Waals surface area contributed by atoms with E-state index in [-0.39, 0.29) is 12.2 Å². The number of benzene rings is 2. The molecule has 0 unspecified atom stereocenters. The quantitative estimate of drug-likeness (QED) is 0.722. The van der Waals surface area contributed by atoms with Crippen LogP contribution < -0.4 is 11.1 Å². The Bertz CT molecular complexity index is 902. The molecule has 124 valence electrons. The van der Waals surface area contributed by atoms with Gasteiger partial charge < -0.3 is 15.6 Å². The smallest absolute Gasteiger partial charge is 0.397 e. The summed E-state index contributed by atoms with van der Waals surface area (Å²) >= 11 is 0. The SMILES string of the molecule is Nc1cccc2c1ncn2CC(=O)Nc1cccc(C(F)(F)F)c1. The normalized spacial score (nSPS) is 11.6. The van der Waals surface area contributed by atoms with E-state index in [1.807, 2.05) is 0 Å². The molecular formula is C16H13F3N4O. The number of amides is 1. The standard InChI is InChI=1S/C16H13F3N4O/c17-16(18,19)10-3-1-4-11(7-10)22-14(24)8-23-9-21-15-12(20)5-2-6-13(15)23/h1-7,9H,8,20H2,(H,22,24). The summed E-state index contributed by atoms with van der Waals surface area (Å²) < 4.78 is 39.6. The van der Waals surface area contributed by atoms with Gasteiger partial charge in [-0.05, 0) is 30.3 Å². The summed E-state index contributed by atoms with van der Waals surface area (Å²) in [6.07, 6.45) is -2.99. The number of halogens is 3. The number of alkyl halides is 3. The molecule has 8 heteroatoms. The van der Waals surface area contributed by atoms with E-state index in [1.165, 1.54) is 18.5 Å². The van der Waals surface area contributed by atoms with Gasteiger partial charge in [0.25, 0.3) is 0 Å². The Hall–Kier alpha value is -3.03. The topological polar surface area (TPSA) is 72.9 Å². The number of nitrogens with one attached hydrogen (secondary N) is 1. The van der Waals surface area contributed by atoms with Crippen LogP contribution in [0.5, 0.6) is 0 Å². The molecule has 1 amide bonds. The number of nitrogens with two attached hydrogens (primary N) is 1. The van der Waals surface area contributed by atoms with Crippen molar-refractivity contribution in [3.8, 4) is 0 Å². The van der Waals surface area contributed by atoms with Crippen molar-refractivity contribution in [2.45, 2.75) is 12.7 Å². The minimum absolute atomic E-state index is 0.0822. The molecule has 0 saturated heterocycles. The average molecular weight is 334 g/mol. The fourth-order valence-corrected chi connectivity index (χ4v) is 2.37. The Morgan fingerprint density at radius 1 is 1.21 bits per heavy atom. The number of hydrogen-bond donors (Lipinski definition) is 2. The van der Waals surface area contributed by atoms with Gasteiger partial charge >= 0.3 is 6.18 Å². The van der Waals surface area contributed by atoms with Gasteiger partial charge in [0.15, 0.2) is 0 Å². The average Bonchev–Trinajstić information content (AvgIpc) is 2.91. The van der Waals surface area contributed by atoms with Crippen LogP contribution in [0, 0.1) is 0 Å². The lowest BCUT2D eigenvalue weighted by Crippen LogP contribution is -2.18. The first kappa shape index (κ1) is 15.9.